The number of rotatable bonds is 5. The number of aliphatic hydroxyl groups excluding tert-OH is 4. The van der Waals surface area contributed by atoms with Crippen LogP contribution in [0.1, 0.15) is 12.6 Å². The van der Waals surface area contributed by atoms with E-state index in [2.05, 4.69) is 0 Å². The number of hydrogen-bond donors (Lipinski definition) is 4. The Balaban J connectivity index is 2.32. The van der Waals surface area contributed by atoms with E-state index >= 15 is 0 Å². The van der Waals surface area contributed by atoms with E-state index in [0.717, 1.165) is 15.2 Å². The van der Waals surface area contributed by atoms with Crippen molar-refractivity contribution < 1.29 is 25.2 Å². The van der Waals surface area contributed by atoms with Crippen molar-refractivity contribution in [1.82, 2.24) is 9.13 Å². The average molecular weight is 302 g/mol. The monoisotopic (exact) mass is 302 g/mol. The van der Waals surface area contributed by atoms with Gasteiger partial charge in [0, 0.05) is 18.7 Å². The Hall–Kier alpha value is -1.52. The van der Waals surface area contributed by atoms with Gasteiger partial charge < -0.3 is 25.2 Å². The molecule has 0 bridgehead atoms. The third-order valence-corrected chi connectivity index (χ3v) is 3.39. The van der Waals surface area contributed by atoms with E-state index in [1.165, 1.54) is 6.20 Å². The normalized spacial score (nSPS) is 27.0. The van der Waals surface area contributed by atoms with E-state index in [0.29, 0.717) is 0 Å². The maximum atomic E-state index is 12.2. The molecule has 1 aromatic rings. The maximum Gasteiger partial charge on any atom is 0.333 e. The van der Waals surface area contributed by atoms with Crippen molar-refractivity contribution in [1.29, 1.82) is 0 Å². The standard InChI is InChI=1S/C12H18N2O7/c15-5-7(17)4-14-10(19)1-2-13(12(14)20)11-3-8(18)9(6-16)21-11/h1-2,7-9,11,15-18H,3-6H2/t7?,8-,9+,11+/m0/s1. The van der Waals surface area contributed by atoms with Crippen molar-refractivity contribution in [3.05, 3.63) is 33.1 Å². The lowest BCUT2D eigenvalue weighted by molar-refractivity contribution is -0.0465. The zero-order chi connectivity index (χ0) is 15.6. The Morgan fingerprint density at radius 3 is 2.67 bits per heavy atom. The fraction of sp³-hybridized carbons (Fsp3) is 0.667. The predicted octanol–water partition coefficient (Wildman–Crippen LogP) is -3.00. The molecule has 4 atom stereocenters. The van der Waals surface area contributed by atoms with Crippen LogP contribution in [0.15, 0.2) is 21.9 Å². The van der Waals surface area contributed by atoms with Gasteiger partial charge in [-0.1, -0.05) is 0 Å². The quantitative estimate of drug-likeness (QED) is 0.455. The van der Waals surface area contributed by atoms with Gasteiger partial charge in [0.2, 0.25) is 0 Å². The molecule has 1 fully saturated rings. The van der Waals surface area contributed by atoms with Crippen LogP contribution in [-0.2, 0) is 11.3 Å². The van der Waals surface area contributed by atoms with E-state index in [1.807, 2.05) is 0 Å². The number of hydrogen-bond acceptors (Lipinski definition) is 7. The molecule has 1 unspecified atom stereocenters. The topological polar surface area (TPSA) is 134 Å². The summed E-state index contributed by atoms with van der Waals surface area (Å²) < 4.78 is 7.25. The first-order valence-corrected chi connectivity index (χ1v) is 6.53. The van der Waals surface area contributed by atoms with Gasteiger partial charge in [0.1, 0.15) is 12.3 Å². The Morgan fingerprint density at radius 1 is 1.38 bits per heavy atom. The zero-order valence-electron chi connectivity index (χ0n) is 11.2. The second-order valence-electron chi connectivity index (χ2n) is 4.91. The van der Waals surface area contributed by atoms with Crippen LogP contribution in [-0.4, -0.2) is 61.1 Å². The lowest BCUT2D eigenvalue weighted by Gasteiger charge is -2.17. The summed E-state index contributed by atoms with van der Waals surface area (Å²) in [4.78, 5) is 23.9. The molecule has 1 aliphatic rings. The number of ether oxygens (including phenoxy) is 1. The fourth-order valence-electron chi connectivity index (χ4n) is 2.24. The first kappa shape index (κ1) is 15.9. The lowest BCUT2D eigenvalue weighted by atomic mass is 10.2. The van der Waals surface area contributed by atoms with E-state index < -0.39 is 42.4 Å². The average Bonchev–Trinajstić information content (AvgIpc) is 2.84. The Kier molecular flexibility index (Phi) is 4.91. The van der Waals surface area contributed by atoms with Crippen LogP contribution >= 0.6 is 0 Å². The Labute approximate surface area is 119 Å². The number of aliphatic hydroxyl groups is 4. The van der Waals surface area contributed by atoms with Crippen LogP contribution in [0.2, 0.25) is 0 Å². The molecule has 1 saturated heterocycles. The van der Waals surface area contributed by atoms with Crippen molar-refractivity contribution in [2.45, 2.75) is 37.5 Å². The highest BCUT2D eigenvalue weighted by molar-refractivity contribution is 4.91. The minimum absolute atomic E-state index is 0.103. The molecule has 0 radical (unpaired) electrons. The molecule has 0 saturated carbocycles. The predicted molar refractivity (Wildman–Crippen MR) is 69.7 cm³/mol. The van der Waals surface area contributed by atoms with Crippen LogP contribution in [0, 0.1) is 0 Å². The molecule has 4 N–H and O–H groups in total. The Morgan fingerprint density at radius 2 is 2.10 bits per heavy atom. The van der Waals surface area contributed by atoms with Crippen LogP contribution in [0.5, 0.6) is 0 Å². The van der Waals surface area contributed by atoms with Gasteiger partial charge in [-0.2, -0.15) is 0 Å². The molecule has 0 aliphatic carbocycles. The highest BCUT2D eigenvalue weighted by Crippen LogP contribution is 2.26. The van der Waals surface area contributed by atoms with Crippen molar-refractivity contribution in [2.24, 2.45) is 0 Å². The zero-order valence-corrected chi connectivity index (χ0v) is 11.2. The minimum Gasteiger partial charge on any atom is -0.394 e. The van der Waals surface area contributed by atoms with Crippen molar-refractivity contribution in [3.8, 4) is 0 Å². The van der Waals surface area contributed by atoms with Gasteiger partial charge in [0.15, 0.2) is 0 Å². The van der Waals surface area contributed by atoms with Crippen molar-refractivity contribution in [2.75, 3.05) is 13.2 Å². The smallest absolute Gasteiger partial charge is 0.333 e. The first-order chi connectivity index (χ1) is 9.97. The summed E-state index contributed by atoms with van der Waals surface area (Å²) in [5.41, 5.74) is -1.33. The van der Waals surface area contributed by atoms with E-state index in [1.54, 1.807) is 0 Å². The molecular formula is C12H18N2O7. The number of aromatic nitrogens is 2. The molecule has 0 aromatic carbocycles. The van der Waals surface area contributed by atoms with Gasteiger partial charge in [-0.3, -0.25) is 13.9 Å². The largest absolute Gasteiger partial charge is 0.394 e. The van der Waals surface area contributed by atoms with Gasteiger partial charge >= 0.3 is 5.69 Å². The van der Waals surface area contributed by atoms with Crippen molar-refractivity contribution >= 4 is 0 Å². The second-order valence-corrected chi connectivity index (χ2v) is 4.91. The molecule has 1 aromatic heterocycles. The summed E-state index contributed by atoms with van der Waals surface area (Å²) in [5, 5.41) is 36.9. The highest BCUT2D eigenvalue weighted by Gasteiger charge is 2.35. The van der Waals surface area contributed by atoms with Gasteiger partial charge in [-0.05, 0) is 0 Å². The van der Waals surface area contributed by atoms with E-state index in [-0.39, 0.29) is 19.6 Å². The summed E-state index contributed by atoms with van der Waals surface area (Å²) >= 11 is 0. The third-order valence-electron chi connectivity index (χ3n) is 3.39. The summed E-state index contributed by atoms with van der Waals surface area (Å²) in [6.45, 7) is -1.30. The fourth-order valence-corrected chi connectivity index (χ4v) is 2.24. The van der Waals surface area contributed by atoms with Crippen LogP contribution < -0.4 is 11.2 Å². The minimum atomic E-state index is -1.23. The molecule has 21 heavy (non-hydrogen) atoms. The maximum absolute atomic E-state index is 12.2. The van der Waals surface area contributed by atoms with Gasteiger partial charge in [0.05, 0.1) is 32.0 Å². The first-order valence-electron chi connectivity index (χ1n) is 6.53. The van der Waals surface area contributed by atoms with Crippen molar-refractivity contribution in [3.63, 3.8) is 0 Å². The van der Waals surface area contributed by atoms with Gasteiger partial charge in [-0.15, -0.1) is 0 Å². The molecule has 9 heteroatoms. The summed E-state index contributed by atoms with van der Waals surface area (Å²) in [7, 11) is 0. The Bertz CT molecular complexity index is 596. The molecular weight excluding hydrogens is 284 g/mol. The van der Waals surface area contributed by atoms with Gasteiger partial charge in [-0.25, -0.2) is 4.79 Å². The van der Waals surface area contributed by atoms with Crippen LogP contribution in [0.3, 0.4) is 0 Å². The summed E-state index contributed by atoms with van der Waals surface area (Å²) in [5.74, 6) is 0. The number of nitrogens with zero attached hydrogens (tertiary/aromatic N) is 2. The van der Waals surface area contributed by atoms with E-state index in [4.69, 9.17) is 14.9 Å². The molecule has 118 valence electrons. The molecule has 0 amide bonds. The summed E-state index contributed by atoms with van der Waals surface area (Å²) in [6, 6.07) is 1.13. The molecule has 9 nitrogen and oxygen atoms in total. The SMILES string of the molecule is O=c1ccn([C@H]2C[C@H](O)[C@@H](CO)O2)c(=O)n1CC(O)CO. The summed E-state index contributed by atoms with van der Waals surface area (Å²) in [6.07, 6.45) is -2.38. The third kappa shape index (κ3) is 3.22. The highest BCUT2D eigenvalue weighted by atomic mass is 16.5. The van der Waals surface area contributed by atoms with Crippen LogP contribution in [0.25, 0.3) is 0 Å². The van der Waals surface area contributed by atoms with E-state index in [9.17, 15) is 19.8 Å². The molecule has 2 rings (SSSR count). The second kappa shape index (κ2) is 6.50. The molecule has 0 spiro atoms. The molecule has 1 aliphatic heterocycles. The van der Waals surface area contributed by atoms with Gasteiger partial charge in [0.25, 0.3) is 5.56 Å². The lowest BCUT2D eigenvalue weighted by Crippen LogP contribution is -2.43. The molecule has 2 heterocycles. The van der Waals surface area contributed by atoms with Crippen LogP contribution in [0.4, 0.5) is 0 Å².